The molecule has 1 saturated carbocycles. The van der Waals surface area contributed by atoms with Crippen LogP contribution < -0.4 is 5.73 Å². The van der Waals surface area contributed by atoms with Crippen LogP contribution in [-0.2, 0) is 6.54 Å². The van der Waals surface area contributed by atoms with Crippen LogP contribution in [0.15, 0.2) is 24.3 Å². The Balaban J connectivity index is 0.00000147. The van der Waals surface area contributed by atoms with Gasteiger partial charge in [-0.25, -0.2) is 0 Å². The third kappa shape index (κ3) is 4.21. The van der Waals surface area contributed by atoms with Gasteiger partial charge in [-0.1, -0.05) is 24.3 Å². The molecule has 1 aliphatic carbocycles. The van der Waals surface area contributed by atoms with Crippen molar-refractivity contribution in [3.63, 3.8) is 0 Å². The van der Waals surface area contributed by atoms with Gasteiger partial charge >= 0.3 is 0 Å². The number of hydrogen-bond acceptors (Lipinski definition) is 2. The molecule has 0 radical (unpaired) electrons. The van der Waals surface area contributed by atoms with Crippen molar-refractivity contribution in [3.8, 4) is 0 Å². The molecule has 2 nitrogen and oxygen atoms in total. The van der Waals surface area contributed by atoms with Gasteiger partial charge in [0.1, 0.15) is 0 Å². The minimum atomic E-state index is 0. The fourth-order valence-electron chi connectivity index (χ4n) is 3.34. The molecule has 2 N–H and O–H groups in total. The van der Waals surface area contributed by atoms with E-state index in [1.807, 2.05) is 0 Å². The van der Waals surface area contributed by atoms with E-state index in [9.17, 15) is 0 Å². The molecule has 20 heavy (non-hydrogen) atoms. The number of hydrogen-bond donors (Lipinski definition) is 1. The number of rotatable bonds is 5. The highest BCUT2D eigenvalue weighted by atomic mass is 35.5. The summed E-state index contributed by atoms with van der Waals surface area (Å²) in [5.74, 6) is 1.70. The van der Waals surface area contributed by atoms with Gasteiger partial charge in [-0.3, -0.25) is 4.90 Å². The van der Waals surface area contributed by atoms with E-state index in [4.69, 9.17) is 5.73 Å². The fourth-order valence-corrected chi connectivity index (χ4v) is 3.34. The summed E-state index contributed by atoms with van der Waals surface area (Å²) in [6, 6.07) is 9.35. The predicted octanol–water partition coefficient (Wildman–Crippen LogP) is 3.55. The number of halogens is 1. The first-order valence-electron chi connectivity index (χ1n) is 7.86. The molecular formula is C17H27ClN2. The van der Waals surface area contributed by atoms with Gasteiger partial charge in [0.05, 0.1) is 0 Å². The van der Waals surface area contributed by atoms with Crippen molar-refractivity contribution in [2.75, 3.05) is 19.6 Å². The lowest BCUT2D eigenvalue weighted by Gasteiger charge is -2.32. The molecule has 1 atom stereocenters. The van der Waals surface area contributed by atoms with E-state index in [-0.39, 0.29) is 12.4 Å². The lowest BCUT2D eigenvalue weighted by Crippen LogP contribution is -2.35. The summed E-state index contributed by atoms with van der Waals surface area (Å²) in [6.45, 7) is 4.45. The average molecular weight is 295 g/mol. The first kappa shape index (κ1) is 15.8. The van der Waals surface area contributed by atoms with Crippen LogP contribution in [0.1, 0.15) is 49.1 Å². The summed E-state index contributed by atoms with van der Waals surface area (Å²) in [4.78, 5) is 2.61. The molecule has 3 heteroatoms. The van der Waals surface area contributed by atoms with E-state index in [2.05, 4.69) is 29.2 Å². The molecule has 112 valence electrons. The average Bonchev–Trinajstić information content (AvgIpc) is 3.25. The minimum absolute atomic E-state index is 0. The Labute approximate surface area is 129 Å². The molecule has 0 aromatic heterocycles. The normalized spacial score (nSPS) is 23.4. The van der Waals surface area contributed by atoms with Crippen LogP contribution in [-0.4, -0.2) is 24.5 Å². The molecule has 1 heterocycles. The van der Waals surface area contributed by atoms with Gasteiger partial charge < -0.3 is 5.73 Å². The van der Waals surface area contributed by atoms with Crippen molar-refractivity contribution < 1.29 is 0 Å². The Bertz CT molecular complexity index is 398. The summed E-state index contributed by atoms with van der Waals surface area (Å²) in [6.07, 6.45) is 6.69. The third-order valence-corrected chi connectivity index (χ3v) is 4.61. The Hall–Kier alpha value is -0.570. The lowest BCUT2D eigenvalue weighted by molar-refractivity contribution is 0.163. The van der Waals surface area contributed by atoms with Gasteiger partial charge in [-0.2, -0.15) is 0 Å². The molecule has 1 aliphatic heterocycles. The van der Waals surface area contributed by atoms with E-state index in [1.165, 1.54) is 50.8 Å². The summed E-state index contributed by atoms with van der Waals surface area (Å²) in [5.41, 5.74) is 8.70. The molecule has 2 fully saturated rings. The van der Waals surface area contributed by atoms with Crippen LogP contribution in [0.25, 0.3) is 0 Å². The molecule has 0 bridgehead atoms. The second-order valence-corrected chi connectivity index (χ2v) is 6.34. The van der Waals surface area contributed by atoms with Gasteiger partial charge in [0, 0.05) is 13.1 Å². The second kappa shape index (κ2) is 7.44. The van der Waals surface area contributed by atoms with Gasteiger partial charge in [-0.15, -0.1) is 12.4 Å². The number of benzene rings is 1. The van der Waals surface area contributed by atoms with Gasteiger partial charge in [-0.05, 0) is 68.2 Å². The lowest BCUT2D eigenvalue weighted by atomic mass is 9.94. The molecule has 1 unspecified atom stereocenters. The highest BCUT2D eigenvalue weighted by Crippen LogP contribution is 2.39. The number of nitrogens with two attached hydrogens (primary N) is 1. The maximum atomic E-state index is 5.69. The Kier molecular flexibility index (Phi) is 5.88. The first-order chi connectivity index (χ1) is 9.35. The zero-order valence-electron chi connectivity index (χ0n) is 12.3. The zero-order valence-corrected chi connectivity index (χ0v) is 13.1. The van der Waals surface area contributed by atoms with Crippen molar-refractivity contribution in [2.45, 2.75) is 44.6 Å². The van der Waals surface area contributed by atoms with Crippen molar-refractivity contribution in [1.82, 2.24) is 4.90 Å². The van der Waals surface area contributed by atoms with Crippen LogP contribution in [0.5, 0.6) is 0 Å². The highest BCUT2D eigenvalue weighted by molar-refractivity contribution is 5.85. The van der Waals surface area contributed by atoms with Crippen LogP contribution in [0.3, 0.4) is 0 Å². The maximum Gasteiger partial charge on any atom is 0.0233 e. The summed E-state index contributed by atoms with van der Waals surface area (Å²) >= 11 is 0. The van der Waals surface area contributed by atoms with Gasteiger partial charge in [0.25, 0.3) is 0 Å². The molecule has 1 aromatic rings. The van der Waals surface area contributed by atoms with E-state index >= 15 is 0 Å². The van der Waals surface area contributed by atoms with Crippen molar-refractivity contribution >= 4 is 12.4 Å². The molecule has 0 amide bonds. The predicted molar refractivity (Wildman–Crippen MR) is 87.3 cm³/mol. The highest BCUT2D eigenvalue weighted by Gasteiger charge is 2.23. The van der Waals surface area contributed by atoms with E-state index < -0.39 is 0 Å². The van der Waals surface area contributed by atoms with Crippen molar-refractivity contribution in [1.29, 1.82) is 0 Å². The third-order valence-electron chi connectivity index (χ3n) is 4.61. The summed E-state index contributed by atoms with van der Waals surface area (Å²) < 4.78 is 0. The molecule has 0 spiro atoms. The first-order valence-corrected chi connectivity index (χ1v) is 7.86. The van der Waals surface area contributed by atoms with E-state index in [0.717, 1.165) is 24.9 Å². The van der Waals surface area contributed by atoms with E-state index in [0.29, 0.717) is 0 Å². The van der Waals surface area contributed by atoms with Crippen LogP contribution in [0.4, 0.5) is 0 Å². The van der Waals surface area contributed by atoms with E-state index in [1.54, 1.807) is 5.56 Å². The zero-order chi connectivity index (χ0) is 13.1. The molecular weight excluding hydrogens is 268 g/mol. The van der Waals surface area contributed by atoms with Crippen LogP contribution in [0, 0.1) is 5.92 Å². The largest absolute Gasteiger partial charge is 0.330 e. The molecule has 3 rings (SSSR count). The van der Waals surface area contributed by atoms with Crippen LogP contribution >= 0.6 is 12.4 Å². The quantitative estimate of drug-likeness (QED) is 0.900. The number of nitrogens with zero attached hydrogens (tertiary/aromatic N) is 1. The van der Waals surface area contributed by atoms with Gasteiger partial charge in [0.2, 0.25) is 0 Å². The van der Waals surface area contributed by atoms with Crippen molar-refractivity contribution in [2.24, 2.45) is 11.7 Å². The number of piperidine rings is 1. The van der Waals surface area contributed by atoms with Crippen LogP contribution in [0.2, 0.25) is 0 Å². The summed E-state index contributed by atoms with van der Waals surface area (Å²) in [7, 11) is 0. The monoisotopic (exact) mass is 294 g/mol. The molecule has 1 saturated heterocycles. The fraction of sp³-hybridized carbons (Fsp3) is 0.647. The standard InChI is InChI=1S/C17H26N2.ClH/c18-10-9-14-2-1-11-19(12-14)13-15-3-5-16(6-4-15)17-7-8-17;/h3-6,14,17H,1-2,7-13,18H2;1H. The molecule has 2 aliphatic rings. The smallest absolute Gasteiger partial charge is 0.0233 e. The Morgan fingerprint density at radius 2 is 1.85 bits per heavy atom. The Morgan fingerprint density at radius 1 is 1.10 bits per heavy atom. The second-order valence-electron chi connectivity index (χ2n) is 6.34. The number of likely N-dealkylation sites (tertiary alicyclic amines) is 1. The van der Waals surface area contributed by atoms with Crippen molar-refractivity contribution in [3.05, 3.63) is 35.4 Å². The summed E-state index contributed by atoms with van der Waals surface area (Å²) in [5, 5.41) is 0. The maximum absolute atomic E-state index is 5.69. The Morgan fingerprint density at radius 3 is 2.50 bits per heavy atom. The van der Waals surface area contributed by atoms with Gasteiger partial charge in [0.15, 0.2) is 0 Å². The minimum Gasteiger partial charge on any atom is -0.330 e. The molecule has 1 aromatic carbocycles. The topological polar surface area (TPSA) is 29.3 Å². The SMILES string of the molecule is Cl.NCCC1CCCN(Cc2ccc(C3CC3)cc2)C1.